The highest BCUT2D eigenvalue weighted by molar-refractivity contribution is 5.58. The van der Waals surface area contributed by atoms with Crippen LogP contribution in [0, 0.1) is 0 Å². The SMILES string of the molecule is CC(C)(C)c1ccc(O)c(CC=O)c1. The van der Waals surface area contributed by atoms with Gasteiger partial charge in [0.2, 0.25) is 0 Å². The van der Waals surface area contributed by atoms with Gasteiger partial charge in [-0.3, -0.25) is 0 Å². The van der Waals surface area contributed by atoms with Gasteiger partial charge < -0.3 is 9.90 Å². The zero-order valence-corrected chi connectivity index (χ0v) is 8.87. The molecule has 1 rings (SSSR count). The molecule has 0 unspecified atom stereocenters. The Morgan fingerprint density at radius 2 is 2.00 bits per heavy atom. The van der Waals surface area contributed by atoms with Gasteiger partial charge in [-0.1, -0.05) is 32.9 Å². The molecule has 2 heteroatoms. The molecule has 1 aromatic carbocycles. The summed E-state index contributed by atoms with van der Waals surface area (Å²) < 4.78 is 0. The molecule has 1 aromatic rings. The molecule has 0 amide bonds. The number of benzene rings is 1. The number of phenols is 1. The fraction of sp³-hybridized carbons (Fsp3) is 0.417. The van der Waals surface area contributed by atoms with Gasteiger partial charge in [0.05, 0.1) is 0 Å². The molecule has 0 aliphatic heterocycles. The van der Waals surface area contributed by atoms with Crippen LogP contribution in [0.5, 0.6) is 5.75 Å². The van der Waals surface area contributed by atoms with Crippen molar-refractivity contribution in [2.75, 3.05) is 0 Å². The molecular weight excluding hydrogens is 176 g/mol. The van der Waals surface area contributed by atoms with Gasteiger partial charge in [0, 0.05) is 12.0 Å². The summed E-state index contributed by atoms with van der Waals surface area (Å²) in [6, 6.07) is 5.44. The van der Waals surface area contributed by atoms with E-state index in [0.29, 0.717) is 5.56 Å². The molecule has 0 radical (unpaired) electrons. The van der Waals surface area contributed by atoms with Crippen molar-refractivity contribution in [2.24, 2.45) is 0 Å². The first-order valence-corrected chi connectivity index (χ1v) is 4.71. The standard InChI is InChI=1S/C12H16O2/c1-12(2,3)10-4-5-11(14)9(8-10)6-7-13/h4-5,7-8,14H,6H2,1-3H3. The second-order valence-electron chi connectivity index (χ2n) is 4.46. The van der Waals surface area contributed by atoms with Crippen LogP contribution >= 0.6 is 0 Å². The summed E-state index contributed by atoms with van der Waals surface area (Å²) in [6.45, 7) is 6.30. The molecule has 0 spiro atoms. The summed E-state index contributed by atoms with van der Waals surface area (Å²) >= 11 is 0. The van der Waals surface area contributed by atoms with Crippen molar-refractivity contribution in [2.45, 2.75) is 32.6 Å². The lowest BCUT2D eigenvalue weighted by atomic mass is 9.86. The maximum absolute atomic E-state index is 10.4. The lowest BCUT2D eigenvalue weighted by Crippen LogP contribution is -2.11. The molecule has 2 nitrogen and oxygen atoms in total. The third-order valence-electron chi connectivity index (χ3n) is 2.25. The topological polar surface area (TPSA) is 37.3 Å². The molecule has 76 valence electrons. The zero-order valence-electron chi connectivity index (χ0n) is 8.87. The molecule has 1 N–H and O–H groups in total. The molecule has 0 fully saturated rings. The van der Waals surface area contributed by atoms with Crippen LogP contribution in [0.2, 0.25) is 0 Å². The first-order valence-electron chi connectivity index (χ1n) is 4.71. The Morgan fingerprint density at radius 3 is 2.50 bits per heavy atom. The number of rotatable bonds is 2. The molecule has 0 bridgehead atoms. The minimum absolute atomic E-state index is 0.0470. The first-order chi connectivity index (χ1) is 6.45. The van der Waals surface area contributed by atoms with E-state index < -0.39 is 0 Å². The third kappa shape index (κ3) is 2.34. The van der Waals surface area contributed by atoms with Gasteiger partial charge in [-0.2, -0.15) is 0 Å². The predicted octanol–water partition coefficient (Wildman–Crippen LogP) is 2.43. The number of aromatic hydroxyl groups is 1. The van der Waals surface area contributed by atoms with Crippen molar-refractivity contribution < 1.29 is 9.90 Å². The summed E-state index contributed by atoms with van der Waals surface area (Å²) in [4.78, 5) is 10.4. The zero-order chi connectivity index (χ0) is 10.8. The molecule has 14 heavy (non-hydrogen) atoms. The molecule has 0 heterocycles. The maximum Gasteiger partial charge on any atom is 0.124 e. The average molecular weight is 192 g/mol. The Kier molecular flexibility index (Phi) is 2.94. The Labute approximate surface area is 84.6 Å². The molecule has 0 aliphatic carbocycles. The number of carbonyl (C=O) groups is 1. The van der Waals surface area contributed by atoms with Crippen molar-refractivity contribution in [1.82, 2.24) is 0 Å². The van der Waals surface area contributed by atoms with Gasteiger partial charge in [0.25, 0.3) is 0 Å². The van der Waals surface area contributed by atoms with Crippen LogP contribution in [0.15, 0.2) is 18.2 Å². The summed E-state index contributed by atoms with van der Waals surface area (Å²) in [6.07, 6.45) is 1.08. The Bertz CT molecular complexity index is 335. The van der Waals surface area contributed by atoms with E-state index in [1.165, 1.54) is 0 Å². The van der Waals surface area contributed by atoms with Crippen molar-refractivity contribution in [3.8, 4) is 5.75 Å². The molecule has 0 atom stereocenters. The highest BCUT2D eigenvalue weighted by atomic mass is 16.3. The first kappa shape index (κ1) is 10.8. The number of phenolic OH excluding ortho intramolecular Hbond substituents is 1. The van der Waals surface area contributed by atoms with E-state index in [1.54, 1.807) is 6.07 Å². The van der Waals surface area contributed by atoms with E-state index in [0.717, 1.165) is 11.8 Å². The number of hydrogen-bond donors (Lipinski definition) is 1. The highest BCUT2D eigenvalue weighted by Crippen LogP contribution is 2.27. The number of hydrogen-bond acceptors (Lipinski definition) is 2. The van der Waals surface area contributed by atoms with E-state index >= 15 is 0 Å². The summed E-state index contributed by atoms with van der Waals surface area (Å²) in [5.74, 6) is 0.199. The van der Waals surface area contributed by atoms with E-state index in [2.05, 4.69) is 20.8 Å². The van der Waals surface area contributed by atoms with Crippen LogP contribution in [-0.4, -0.2) is 11.4 Å². The monoisotopic (exact) mass is 192 g/mol. The van der Waals surface area contributed by atoms with E-state index in [9.17, 15) is 9.90 Å². The van der Waals surface area contributed by atoms with Crippen molar-refractivity contribution in [1.29, 1.82) is 0 Å². The van der Waals surface area contributed by atoms with Gasteiger partial charge >= 0.3 is 0 Å². The van der Waals surface area contributed by atoms with Gasteiger partial charge in [-0.05, 0) is 17.0 Å². The summed E-state index contributed by atoms with van der Waals surface area (Å²) in [5.41, 5.74) is 1.88. The Morgan fingerprint density at radius 1 is 1.36 bits per heavy atom. The third-order valence-corrected chi connectivity index (χ3v) is 2.25. The van der Waals surface area contributed by atoms with Crippen molar-refractivity contribution in [3.63, 3.8) is 0 Å². The molecule has 0 saturated carbocycles. The highest BCUT2D eigenvalue weighted by Gasteiger charge is 2.14. The average Bonchev–Trinajstić information content (AvgIpc) is 2.07. The van der Waals surface area contributed by atoms with Gasteiger partial charge in [0.15, 0.2) is 0 Å². The van der Waals surface area contributed by atoms with Crippen LogP contribution in [0.3, 0.4) is 0 Å². The van der Waals surface area contributed by atoms with Crippen LogP contribution in [0.1, 0.15) is 31.9 Å². The number of aldehydes is 1. The lowest BCUT2D eigenvalue weighted by Gasteiger charge is -2.19. The van der Waals surface area contributed by atoms with E-state index in [4.69, 9.17) is 0 Å². The van der Waals surface area contributed by atoms with Crippen LogP contribution in [0.4, 0.5) is 0 Å². The van der Waals surface area contributed by atoms with Gasteiger partial charge in [-0.15, -0.1) is 0 Å². The van der Waals surface area contributed by atoms with Gasteiger partial charge in [0.1, 0.15) is 12.0 Å². The van der Waals surface area contributed by atoms with Crippen molar-refractivity contribution >= 4 is 6.29 Å². The fourth-order valence-electron chi connectivity index (χ4n) is 1.31. The van der Waals surface area contributed by atoms with Crippen LogP contribution in [0.25, 0.3) is 0 Å². The van der Waals surface area contributed by atoms with Crippen LogP contribution in [-0.2, 0) is 16.6 Å². The van der Waals surface area contributed by atoms with E-state index in [1.807, 2.05) is 12.1 Å². The lowest BCUT2D eigenvalue weighted by molar-refractivity contribution is -0.107. The Balaban J connectivity index is 3.12. The second-order valence-corrected chi connectivity index (χ2v) is 4.46. The molecule has 0 aromatic heterocycles. The largest absolute Gasteiger partial charge is 0.508 e. The minimum atomic E-state index is 0.0470. The predicted molar refractivity (Wildman–Crippen MR) is 56.6 cm³/mol. The van der Waals surface area contributed by atoms with Gasteiger partial charge in [-0.25, -0.2) is 0 Å². The van der Waals surface area contributed by atoms with E-state index in [-0.39, 0.29) is 17.6 Å². The molecule has 0 saturated heterocycles. The molecular formula is C12H16O2. The Hall–Kier alpha value is -1.31. The molecule has 0 aliphatic rings. The van der Waals surface area contributed by atoms with Crippen LogP contribution < -0.4 is 0 Å². The quantitative estimate of drug-likeness (QED) is 0.731. The minimum Gasteiger partial charge on any atom is -0.508 e. The van der Waals surface area contributed by atoms with Crippen molar-refractivity contribution in [3.05, 3.63) is 29.3 Å². The number of carbonyl (C=O) groups excluding carboxylic acids is 1. The maximum atomic E-state index is 10.4. The summed E-state index contributed by atoms with van der Waals surface area (Å²) in [7, 11) is 0. The summed E-state index contributed by atoms with van der Waals surface area (Å²) in [5, 5.41) is 9.47. The normalized spacial score (nSPS) is 11.4. The second kappa shape index (κ2) is 3.82. The fourth-order valence-corrected chi connectivity index (χ4v) is 1.31. The smallest absolute Gasteiger partial charge is 0.124 e.